The van der Waals surface area contributed by atoms with E-state index in [0.29, 0.717) is 16.7 Å². The average molecular weight is 441 g/mol. The van der Waals surface area contributed by atoms with Crippen LogP contribution in [0.2, 0.25) is 10.0 Å². The highest BCUT2D eigenvalue weighted by Crippen LogP contribution is 2.22. The first-order chi connectivity index (χ1) is 13.1. The molecule has 28 heavy (non-hydrogen) atoms. The van der Waals surface area contributed by atoms with E-state index in [4.69, 9.17) is 27.9 Å². The Labute approximate surface area is 181 Å². The van der Waals surface area contributed by atoms with Gasteiger partial charge in [-0.05, 0) is 60.5 Å². The first kappa shape index (κ1) is 22.5. The van der Waals surface area contributed by atoms with Gasteiger partial charge in [-0.3, -0.25) is 0 Å². The second-order valence-electron chi connectivity index (χ2n) is 6.22. The van der Waals surface area contributed by atoms with E-state index in [9.17, 15) is 4.39 Å². The highest BCUT2D eigenvalue weighted by molar-refractivity contribution is 6.35. The molecule has 0 saturated heterocycles. The van der Waals surface area contributed by atoms with Crippen LogP contribution in [0.5, 0.6) is 5.75 Å². The summed E-state index contributed by atoms with van der Waals surface area (Å²) in [6.45, 7) is 1.99. The molecule has 0 unspecified atom stereocenters. The molecular weight excluding hydrogens is 420 g/mol. The summed E-state index contributed by atoms with van der Waals surface area (Å²) in [4.78, 5) is 0. The molecule has 3 aromatic rings. The fourth-order valence-corrected chi connectivity index (χ4v) is 3.08. The van der Waals surface area contributed by atoms with Gasteiger partial charge in [0.2, 0.25) is 0 Å². The number of nitrogens with one attached hydrogen (secondary N) is 1. The molecule has 0 radical (unpaired) electrons. The van der Waals surface area contributed by atoms with Crippen LogP contribution in [0.15, 0.2) is 66.7 Å². The molecule has 0 heterocycles. The van der Waals surface area contributed by atoms with Crippen molar-refractivity contribution in [1.82, 2.24) is 5.32 Å². The van der Waals surface area contributed by atoms with Crippen molar-refractivity contribution in [1.29, 1.82) is 0 Å². The topological polar surface area (TPSA) is 21.3 Å². The lowest BCUT2D eigenvalue weighted by molar-refractivity contribution is 0.306. The molecule has 2 nitrogen and oxygen atoms in total. The lowest BCUT2D eigenvalue weighted by Gasteiger charge is -2.09. The van der Waals surface area contributed by atoms with Crippen LogP contribution in [0.25, 0.3) is 0 Å². The van der Waals surface area contributed by atoms with Gasteiger partial charge in [0, 0.05) is 22.2 Å². The van der Waals surface area contributed by atoms with E-state index in [-0.39, 0.29) is 18.2 Å². The Morgan fingerprint density at radius 1 is 0.857 bits per heavy atom. The van der Waals surface area contributed by atoms with E-state index in [1.54, 1.807) is 12.1 Å². The smallest absolute Gasteiger partial charge is 0.123 e. The third kappa shape index (κ3) is 6.99. The Kier molecular flexibility index (Phi) is 9.07. The van der Waals surface area contributed by atoms with Crippen LogP contribution < -0.4 is 10.1 Å². The summed E-state index contributed by atoms with van der Waals surface area (Å²) < 4.78 is 18.7. The zero-order valence-electron chi connectivity index (χ0n) is 15.1. The molecule has 148 valence electrons. The first-order valence-corrected chi connectivity index (χ1v) is 9.46. The predicted molar refractivity (Wildman–Crippen MR) is 116 cm³/mol. The molecule has 0 aliphatic carbocycles. The van der Waals surface area contributed by atoms with Crippen molar-refractivity contribution in [3.05, 3.63) is 99.3 Å². The molecule has 6 heteroatoms. The lowest BCUT2D eigenvalue weighted by atomic mass is 10.1. The van der Waals surface area contributed by atoms with Crippen molar-refractivity contribution < 1.29 is 9.13 Å². The highest BCUT2D eigenvalue weighted by Gasteiger charge is 2.03. The van der Waals surface area contributed by atoms with Gasteiger partial charge in [-0.15, -0.1) is 12.4 Å². The summed E-state index contributed by atoms with van der Waals surface area (Å²) in [5, 5.41) is 4.60. The number of halogens is 4. The Balaban J connectivity index is 0.00000280. The van der Waals surface area contributed by atoms with Crippen LogP contribution in [0, 0.1) is 5.82 Å². The van der Waals surface area contributed by atoms with Gasteiger partial charge in [-0.2, -0.15) is 0 Å². The predicted octanol–water partition coefficient (Wildman–Crippen LogP) is 6.47. The minimum absolute atomic E-state index is 0. The zero-order valence-corrected chi connectivity index (χ0v) is 17.5. The van der Waals surface area contributed by atoms with E-state index in [2.05, 4.69) is 5.32 Å². The number of ether oxygens (including phenoxy) is 1. The van der Waals surface area contributed by atoms with Gasteiger partial charge in [0.1, 0.15) is 18.2 Å². The van der Waals surface area contributed by atoms with E-state index in [0.717, 1.165) is 36.4 Å². The quantitative estimate of drug-likeness (QED) is 0.406. The minimum Gasteiger partial charge on any atom is -0.489 e. The maximum atomic E-state index is 12.9. The summed E-state index contributed by atoms with van der Waals surface area (Å²) in [7, 11) is 0. The molecule has 0 bridgehead atoms. The second-order valence-corrected chi connectivity index (χ2v) is 7.07. The maximum Gasteiger partial charge on any atom is 0.123 e. The zero-order chi connectivity index (χ0) is 19.1. The molecule has 0 aliphatic heterocycles. The normalized spacial score (nSPS) is 10.4. The molecule has 3 rings (SSSR count). The average Bonchev–Trinajstić information content (AvgIpc) is 2.67. The highest BCUT2D eigenvalue weighted by atomic mass is 35.5. The summed E-state index contributed by atoms with van der Waals surface area (Å²) >= 11 is 12.1. The van der Waals surface area contributed by atoms with Crippen molar-refractivity contribution in [3.63, 3.8) is 0 Å². The van der Waals surface area contributed by atoms with Gasteiger partial charge in [-0.25, -0.2) is 4.39 Å². The van der Waals surface area contributed by atoms with Crippen LogP contribution in [0.1, 0.15) is 16.7 Å². The molecule has 0 amide bonds. The third-order valence-electron chi connectivity index (χ3n) is 4.17. The van der Waals surface area contributed by atoms with Crippen LogP contribution in [-0.4, -0.2) is 6.54 Å². The van der Waals surface area contributed by atoms with Crippen LogP contribution in [0.3, 0.4) is 0 Å². The van der Waals surface area contributed by atoms with Crippen LogP contribution in [-0.2, 0) is 19.6 Å². The van der Waals surface area contributed by atoms with Gasteiger partial charge < -0.3 is 10.1 Å². The van der Waals surface area contributed by atoms with Gasteiger partial charge in [0.05, 0.1) is 0 Å². The molecule has 0 aromatic heterocycles. The fourth-order valence-electron chi connectivity index (χ4n) is 2.62. The first-order valence-electron chi connectivity index (χ1n) is 8.71. The molecular formula is C22H21Cl3FNO. The van der Waals surface area contributed by atoms with Crippen molar-refractivity contribution in [3.8, 4) is 5.75 Å². The summed E-state index contributed by atoms with van der Waals surface area (Å²) in [6.07, 6.45) is 0.864. The molecule has 0 fully saturated rings. The molecule has 1 N–H and O–H groups in total. The summed E-state index contributed by atoms with van der Waals surface area (Å²) in [5.41, 5.74) is 3.19. The minimum atomic E-state index is -0.202. The van der Waals surface area contributed by atoms with Crippen molar-refractivity contribution in [2.45, 2.75) is 19.6 Å². The van der Waals surface area contributed by atoms with Crippen molar-refractivity contribution in [2.24, 2.45) is 0 Å². The SMILES string of the molecule is Cl.Fc1ccc(CCNCc2ccc(OCc3ccc(Cl)cc3Cl)cc2)cc1. The van der Waals surface area contributed by atoms with Gasteiger partial charge in [0.25, 0.3) is 0 Å². The van der Waals surface area contributed by atoms with Crippen LogP contribution in [0.4, 0.5) is 4.39 Å². The van der Waals surface area contributed by atoms with Crippen molar-refractivity contribution in [2.75, 3.05) is 6.54 Å². The fraction of sp³-hybridized carbons (Fsp3) is 0.182. The Bertz CT molecular complexity index is 870. The van der Waals surface area contributed by atoms with Crippen molar-refractivity contribution >= 4 is 35.6 Å². The monoisotopic (exact) mass is 439 g/mol. The summed E-state index contributed by atoms with van der Waals surface area (Å²) in [6, 6.07) is 19.9. The number of benzene rings is 3. The summed E-state index contributed by atoms with van der Waals surface area (Å²) in [5.74, 6) is 0.587. The standard InChI is InChI=1S/C22H20Cl2FNO.ClH/c23-19-6-5-18(22(24)13-19)15-27-21-9-3-17(4-10-21)14-26-12-11-16-1-7-20(25)8-2-16;/h1-10,13,26H,11-12,14-15H2;1H. The number of hydrogen-bond acceptors (Lipinski definition) is 2. The third-order valence-corrected chi connectivity index (χ3v) is 4.75. The van der Waals surface area contributed by atoms with Gasteiger partial charge in [-0.1, -0.05) is 53.5 Å². The van der Waals surface area contributed by atoms with Crippen LogP contribution >= 0.6 is 35.6 Å². The Hall–Kier alpha value is -1.78. The molecule has 0 saturated carbocycles. The van der Waals surface area contributed by atoms with E-state index < -0.39 is 0 Å². The van der Waals surface area contributed by atoms with Gasteiger partial charge in [0.15, 0.2) is 0 Å². The molecule has 3 aromatic carbocycles. The number of rotatable bonds is 8. The lowest BCUT2D eigenvalue weighted by Crippen LogP contribution is -2.16. The largest absolute Gasteiger partial charge is 0.489 e. The Morgan fingerprint density at radius 2 is 1.54 bits per heavy atom. The molecule has 0 atom stereocenters. The number of hydrogen-bond donors (Lipinski definition) is 1. The maximum absolute atomic E-state index is 12.9. The van der Waals surface area contributed by atoms with E-state index in [1.807, 2.05) is 42.5 Å². The Morgan fingerprint density at radius 3 is 2.21 bits per heavy atom. The van der Waals surface area contributed by atoms with E-state index >= 15 is 0 Å². The van der Waals surface area contributed by atoms with Gasteiger partial charge >= 0.3 is 0 Å². The molecule has 0 spiro atoms. The molecule has 0 aliphatic rings. The van der Waals surface area contributed by atoms with E-state index in [1.165, 1.54) is 17.7 Å². The second kappa shape index (κ2) is 11.3.